The van der Waals surface area contributed by atoms with Crippen molar-refractivity contribution in [2.24, 2.45) is 0 Å². The van der Waals surface area contributed by atoms with E-state index in [0.29, 0.717) is 43.3 Å². The molecule has 0 aliphatic carbocycles. The minimum Gasteiger partial charge on any atom is -0.497 e. The lowest BCUT2D eigenvalue weighted by atomic mass is 9.97. The number of aliphatic carboxylic acids is 1. The lowest BCUT2D eigenvalue weighted by Crippen LogP contribution is -2.02. The monoisotopic (exact) mass is 482 g/mol. The molecule has 0 aromatic heterocycles. The Balaban J connectivity index is 0.00000137. The highest BCUT2D eigenvalue weighted by atomic mass is 19.1. The third-order valence-electron chi connectivity index (χ3n) is 5.03. The number of aryl methyl sites for hydroxylation is 1. The van der Waals surface area contributed by atoms with Crippen molar-refractivity contribution in [3.05, 3.63) is 83.2 Å². The smallest absolute Gasteiger partial charge is 0.303 e. The predicted octanol–water partition coefficient (Wildman–Crippen LogP) is 7.05. The van der Waals surface area contributed by atoms with E-state index in [-0.39, 0.29) is 12.2 Å². The maximum absolute atomic E-state index is 14.6. The number of benzene rings is 3. The van der Waals surface area contributed by atoms with Crippen molar-refractivity contribution in [1.82, 2.24) is 0 Å². The zero-order valence-electron chi connectivity index (χ0n) is 21.0. The summed E-state index contributed by atoms with van der Waals surface area (Å²) in [5, 5.41) is 8.86. The van der Waals surface area contributed by atoms with Gasteiger partial charge in [-0.05, 0) is 72.0 Å². The summed E-state index contributed by atoms with van der Waals surface area (Å²) in [6.45, 7) is 7.38. The molecule has 0 aliphatic rings. The van der Waals surface area contributed by atoms with Crippen LogP contribution in [0.25, 0.3) is 11.1 Å². The fourth-order valence-electron chi connectivity index (χ4n) is 3.38. The van der Waals surface area contributed by atoms with E-state index in [9.17, 15) is 9.18 Å². The molecule has 0 saturated carbocycles. The molecule has 0 spiro atoms. The van der Waals surface area contributed by atoms with E-state index in [0.717, 1.165) is 22.3 Å². The van der Waals surface area contributed by atoms with Gasteiger partial charge in [-0.2, -0.15) is 0 Å². The maximum atomic E-state index is 14.6. The molecule has 3 rings (SSSR count). The van der Waals surface area contributed by atoms with Crippen LogP contribution in [0.1, 0.15) is 50.3 Å². The molecule has 5 nitrogen and oxygen atoms in total. The molecule has 0 unspecified atom stereocenters. The average Bonchev–Trinajstić information content (AvgIpc) is 2.86. The van der Waals surface area contributed by atoms with Crippen molar-refractivity contribution >= 4 is 5.97 Å². The maximum Gasteiger partial charge on any atom is 0.303 e. The summed E-state index contributed by atoms with van der Waals surface area (Å²) in [6, 6.07) is 17.8. The number of rotatable bonds is 11. The van der Waals surface area contributed by atoms with Crippen LogP contribution in [-0.2, 0) is 29.2 Å². The highest BCUT2D eigenvalue weighted by Crippen LogP contribution is 2.31. The molecule has 0 saturated heterocycles. The second kappa shape index (κ2) is 14.8. The lowest BCUT2D eigenvalue weighted by molar-refractivity contribution is -0.136. The van der Waals surface area contributed by atoms with Crippen molar-refractivity contribution in [2.45, 2.75) is 53.2 Å². The van der Waals surface area contributed by atoms with E-state index in [1.165, 1.54) is 12.5 Å². The first kappa shape index (κ1) is 27.9. The quantitative estimate of drug-likeness (QED) is 0.317. The standard InChI is InChI=1S/C26H27FO5.C3H8/c1-3-31-17-20-13-19(7-10-23(20)24-15-21(30-2)9-11-25(24)27)16-32-22-6-4-5-18(14-22)8-12-26(28)29;1-3-2/h4-7,9-11,13-15H,3,8,12,16-17H2,1-2H3,(H,28,29);3H2,1-2H3. The number of carboxylic acid groups (broad SMARTS) is 1. The molecule has 3 aromatic rings. The summed E-state index contributed by atoms with van der Waals surface area (Å²) in [6.07, 6.45) is 1.78. The van der Waals surface area contributed by atoms with E-state index < -0.39 is 5.97 Å². The Bertz CT molecular complexity index is 1080. The Morgan fingerprint density at radius 1 is 0.886 bits per heavy atom. The molecule has 0 atom stereocenters. The molecule has 0 radical (unpaired) electrons. The van der Waals surface area contributed by atoms with Crippen LogP contribution in [0, 0.1) is 5.82 Å². The Morgan fingerprint density at radius 3 is 2.34 bits per heavy atom. The Hall–Kier alpha value is -3.38. The predicted molar refractivity (Wildman–Crippen MR) is 136 cm³/mol. The van der Waals surface area contributed by atoms with E-state index in [1.54, 1.807) is 19.2 Å². The van der Waals surface area contributed by atoms with Crippen LogP contribution < -0.4 is 9.47 Å². The van der Waals surface area contributed by atoms with Gasteiger partial charge < -0.3 is 19.3 Å². The van der Waals surface area contributed by atoms with Crippen LogP contribution in [-0.4, -0.2) is 24.8 Å². The van der Waals surface area contributed by atoms with Crippen molar-refractivity contribution in [1.29, 1.82) is 0 Å². The van der Waals surface area contributed by atoms with Gasteiger partial charge in [-0.1, -0.05) is 44.5 Å². The minimum atomic E-state index is -0.828. The van der Waals surface area contributed by atoms with Crippen LogP contribution in [0.4, 0.5) is 4.39 Å². The second-order valence-corrected chi connectivity index (χ2v) is 8.01. The topological polar surface area (TPSA) is 65.0 Å². The highest BCUT2D eigenvalue weighted by Gasteiger charge is 2.13. The molecule has 188 valence electrons. The number of hydrogen-bond donors (Lipinski definition) is 1. The van der Waals surface area contributed by atoms with Gasteiger partial charge >= 0.3 is 5.97 Å². The van der Waals surface area contributed by atoms with Gasteiger partial charge in [-0.3, -0.25) is 4.79 Å². The first-order valence-corrected chi connectivity index (χ1v) is 11.9. The number of carboxylic acids is 1. The van der Waals surface area contributed by atoms with E-state index >= 15 is 0 Å². The molecular weight excluding hydrogens is 447 g/mol. The lowest BCUT2D eigenvalue weighted by Gasteiger charge is -2.15. The molecule has 1 N–H and O–H groups in total. The van der Waals surface area contributed by atoms with Crippen molar-refractivity contribution < 1.29 is 28.5 Å². The summed E-state index contributed by atoms with van der Waals surface area (Å²) < 4.78 is 31.3. The third kappa shape index (κ3) is 9.06. The van der Waals surface area contributed by atoms with Crippen LogP contribution >= 0.6 is 0 Å². The summed E-state index contributed by atoms with van der Waals surface area (Å²) >= 11 is 0. The SMILES string of the molecule is CCC.CCOCc1cc(COc2cccc(CCC(=O)O)c2)ccc1-c1cc(OC)ccc1F. The molecule has 0 amide bonds. The summed E-state index contributed by atoms with van der Waals surface area (Å²) in [5.41, 5.74) is 3.88. The largest absolute Gasteiger partial charge is 0.497 e. The van der Waals surface area contributed by atoms with Crippen molar-refractivity contribution in [3.63, 3.8) is 0 Å². The number of hydrogen-bond acceptors (Lipinski definition) is 4. The van der Waals surface area contributed by atoms with Crippen LogP contribution in [0.5, 0.6) is 11.5 Å². The number of ether oxygens (including phenoxy) is 3. The summed E-state index contributed by atoms with van der Waals surface area (Å²) in [7, 11) is 1.55. The zero-order chi connectivity index (χ0) is 25.6. The van der Waals surface area contributed by atoms with Crippen molar-refractivity contribution in [3.8, 4) is 22.6 Å². The van der Waals surface area contributed by atoms with Gasteiger partial charge in [-0.25, -0.2) is 4.39 Å². The van der Waals surface area contributed by atoms with E-state index in [1.807, 2.05) is 49.4 Å². The van der Waals surface area contributed by atoms with Gasteiger partial charge in [0, 0.05) is 18.6 Å². The molecule has 6 heteroatoms. The number of methoxy groups -OCH3 is 1. The van der Waals surface area contributed by atoms with Crippen LogP contribution in [0.15, 0.2) is 60.7 Å². The fraction of sp³-hybridized carbons (Fsp3) is 0.345. The Morgan fingerprint density at radius 2 is 1.66 bits per heavy atom. The van der Waals surface area contributed by atoms with Crippen LogP contribution in [0.3, 0.4) is 0 Å². The molecular formula is C29H35FO5. The Kier molecular flexibility index (Phi) is 11.8. The average molecular weight is 483 g/mol. The normalized spacial score (nSPS) is 10.3. The van der Waals surface area contributed by atoms with Gasteiger partial charge in [0.1, 0.15) is 23.9 Å². The zero-order valence-corrected chi connectivity index (χ0v) is 21.0. The van der Waals surface area contributed by atoms with Gasteiger partial charge in [0.2, 0.25) is 0 Å². The van der Waals surface area contributed by atoms with Gasteiger partial charge in [0.15, 0.2) is 0 Å². The first-order valence-electron chi connectivity index (χ1n) is 11.9. The third-order valence-corrected chi connectivity index (χ3v) is 5.03. The molecule has 0 fully saturated rings. The molecule has 0 heterocycles. The molecule has 0 aliphatic heterocycles. The molecule has 0 bridgehead atoms. The first-order chi connectivity index (χ1) is 16.9. The second-order valence-electron chi connectivity index (χ2n) is 8.01. The fourth-order valence-corrected chi connectivity index (χ4v) is 3.38. The van der Waals surface area contributed by atoms with E-state index in [4.69, 9.17) is 19.3 Å². The Labute approximate surface area is 207 Å². The van der Waals surface area contributed by atoms with Gasteiger partial charge in [-0.15, -0.1) is 0 Å². The van der Waals surface area contributed by atoms with Crippen LogP contribution in [0.2, 0.25) is 0 Å². The highest BCUT2D eigenvalue weighted by molar-refractivity contribution is 5.70. The summed E-state index contributed by atoms with van der Waals surface area (Å²) in [5.74, 6) is 0.0950. The van der Waals surface area contributed by atoms with Gasteiger partial charge in [0.05, 0.1) is 13.7 Å². The minimum absolute atomic E-state index is 0.0759. The number of halogens is 1. The van der Waals surface area contributed by atoms with Crippen molar-refractivity contribution in [2.75, 3.05) is 13.7 Å². The van der Waals surface area contributed by atoms with Gasteiger partial charge in [0.25, 0.3) is 0 Å². The molecule has 3 aromatic carbocycles. The number of carbonyl (C=O) groups is 1. The molecule has 35 heavy (non-hydrogen) atoms. The summed E-state index contributed by atoms with van der Waals surface area (Å²) in [4.78, 5) is 10.8. The van der Waals surface area contributed by atoms with E-state index in [2.05, 4.69) is 13.8 Å².